The number of imide groups is 1. The summed E-state index contributed by atoms with van der Waals surface area (Å²) >= 11 is 6.39. The van der Waals surface area contributed by atoms with Gasteiger partial charge in [0.05, 0.1) is 44.3 Å². The molecule has 0 saturated heterocycles. The molecule has 1 aromatic heterocycles. The molecular weight excluding hydrogens is 459 g/mol. The maximum absolute atomic E-state index is 14.2. The first kappa shape index (κ1) is 21.7. The highest BCUT2D eigenvalue weighted by molar-refractivity contribution is 6.40. The van der Waals surface area contributed by atoms with Gasteiger partial charge < -0.3 is 5.32 Å². The minimum absolute atomic E-state index is 0.0196. The topological polar surface area (TPSA) is 92.3 Å². The molecule has 2 heterocycles. The van der Waals surface area contributed by atoms with Crippen LogP contribution in [0.25, 0.3) is 11.0 Å². The maximum atomic E-state index is 14.2. The number of carbonyl (C=O) groups excluding carboxylic acids is 3. The van der Waals surface area contributed by atoms with Gasteiger partial charge in [-0.1, -0.05) is 23.7 Å². The molecule has 0 saturated carbocycles. The fourth-order valence-corrected chi connectivity index (χ4v) is 4.11. The van der Waals surface area contributed by atoms with Crippen molar-refractivity contribution < 1.29 is 18.8 Å². The molecule has 1 aliphatic rings. The van der Waals surface area contributed by atoms with Crippen LogP contribution >= 0.6 is 11.6 Å². The molecule has 5 rings (SSSR count). The van der Waals surface area contributed by atoms with E-state index in [0.29, 0.717) is 28.2 Å². The molecule has 7 nitrogen and oxygen atoms in total. The van der Waals surface area contributed by atoms with E-state index in [1.54, 1.807) is 38.1 Å². The van der Waals surface area contributed by atoms with E-state index < -0.39 is 23.5 Å². The van der Waals surface area contributed by atoms with Crippen LogP contribution in [0.5, 0.6) is 0 Å². The summed E-state index contributed by atoms with van der Waals surface area (Å²) in [6.07, 6.45) is 0. The number of rotatable bonds is 3. The molecule has 0 atom stereocenters. The van der Waals surface area contributed by atoms with Gasteiger partial charge in [0, 0.05) is 11.8 Å². The van der Waals surface area contributed by atoms with Crippen molar-refractivity contribution in [2.45, 2.75) is 13.8 Å². The first-order valence-electron chi connectivity index (χ1n) is 10.3. The summed E-state index contributed by atoms with van der Waals surface area (Å²) < 4.78 is 14.2. The first-order valence-corrected chi connectivity index (χ1v) is 10.7. The molecule has 1 N–H and O–H groups in total. The number of amides is 3. The number of aryl methyl sites for hydroxylation is 2. The Labute approximate surface area is 198 Å². The second kappa shape index (κ2) is 8.00. The monoisotopic (exact) mass is 474 g/mol. The maximum Gasteiger partial charge on any atom is 0.266 e. The molecule has 34 heavy (non-hydrogen) atoms. The fourth-order valence-electron chi connectivity index (χ4n) is 3.84. The zero-order valence-electron chi connectivity index (χ0n) is 18.0. The predicted octanol–water partition coefficient (Wildman–Crippen LogP) is 5.09. The van der Waals surface area contributed by atoms with Crippen molar-refractivity contribution in [1.29, 1.82) is 0 Å². The minimum atomic E-state index is -0.616. The quantitative estimate of drug-likeness (QED) is 0.417. The Morgan fingerprint density at radius 2 is 1.59 bits per heavy atom. The van der Waals surface area contributed by atoms with Gasteiger partial charge in [-0.2, -0.15) is 0 Å². The summed E-state index contributed by atoms with van der Waals surface area (Å²) in [5.74, 6) is -2.18. The molecule has 3 amide bonds. The van der Waals surface area contributed by atoms with Crippen molar-refractivity contribution in [1.82, 2.24) is 9.97 Å². The molecule has 9 heteroatoms. The lowest BCUT2D eigenvalue weighted by Gasteiger charge is -2.17. The van der Waals surface area contributed by atoms with E-state index in [4.69, 9.17) is 11.6 Å². The summed E-state index contributed by atoms with van der Waals surface area (Å²) in [6.45, 7) is 3.51. The fraction of sp³-hybridized carbons (Fsp3) is 0.0800. The number of nitrogens with one attached hydrogen (secondary N) is 1. The van der Waals surface area contributed by atoms with Gasteiger partial charge in [0.15, 0.2) is 0 Å². The van der Waals surface area contributed by atoms with Crippen molar-refractivity contribution in [3.05, 3.63) is 93.5 Å². The molecular formula is C25H16ClFN4O3. The Kier molecular flexibility index (Phi) is 5.10. The van der Waals surface area contributed by atoms with E-state index in [1.165, 1.54) is 24.3 Å². The molecule has 0 radical (unpaired) electrons. The zero-order chi connectivity index (χ0) is 24.1. The van der Waals surface area contributed by atoms with E-state index in [9.17, 15) is 18.8 Å². The van der Waals surface area contributed by atoms with Crippen LogP contribution in [-0.4, -0.2) is 27.7 Å². The van der Waals surface area contributed by atoms with Crippen LogP contribution in [0.2, 0.25) is 5.02 Å². The molecule has 0 spiro atoms. The smallest absolute Gasteiger partial charge is 0.266 e. The first-order chi connectivity index (χ1) is 16.2. The van der Waals surface area contributed by atoms with Crippen molar-refractivity contribution in [2.75, 3.05) is 10.2 Å². The third-order valence-corrected chi connectivity index (χ3v) is 5.93. The molecule has 0 aliphatic carbocycles. The Morgan fingerprint density at radius 3 is 2.24 bits per heavy atom. The van der Waals surface area contributed by atoms with Gasteiger partial charge in [-0.15, -0.1) is 0 Å². The van der Waals surface area contributed by atoms with Gasteiger partial charge in [-0.25, -0.2) is 19.3 Å². The van der Waals surface area contributed by atoms with Crippen molar-refractivity contribution >= 4 is 51.7 Å². The number of anilines is 2. The normalized spacial score (nSPS) is 12.9. The highest BCUT2D eigenvalue weighted by Crippen LogP contribution is 2.35. The summed E-state index contributed by atoms with van der Waals surface area (Å²) in [4.78, 5) is 48.2. The van der Waals surface area contributed by atoms with Gasteiger partial charge in [0.1, 0.15) is 11.3 Å². The number of hydrogen-bond acceptors (Lipinski definition) is 5. The molecule has 0 unspecified atom stereocenters. The molecule has 168 valence electrons. The third-order valence-electron chi connectivity index (χ3n) is 5.63. The van der Waals surface area contributed by atoms with Crippen LogP contribution in [0, 0.1) is 19.7 Å². The Bertz CT molecular complexity index is 1520. The van der Waals surface area contributed by atoms with Crippen LogP contribution in [0.4, 0.5) is 15.8 Å². The summed E-state index contributed by atoms with van der Waals surface area (Å²) in [7, 11) is 0. The predicted molar refractivity (Wildman–Crippen MR) is 126 cm³/mol. The number of hydrogen-bond donors (Lipinski definition) is 1. The van der Waals surface area contributed by atoms with E-state index >= 15 is 0 Å². The number of halogens is 2. The Hall–Kier alpha value is -4.17. The highest BCUT2D eigenvalue weighted by Gasteiger charge is 2.37. The average molecular weight is 475 g/mol. The second-order valence-corrected chi connectivity index (χ2v) is 8.23. The SMILES string of the molecule is Cc1nc2cc(F)cc(C(=O)Nc3ccc(N4C(=O)c5ccccc5C4=O)c(Cl)c3)c2nc1C. The molecule has 4 aromatic rings. The highest BCUT2D eigenvalue weighted by atomic mass is 35.5. The number of carbonyl (C=O) groups is 3. The Morgan fingerprint density at radius 1 is 0.941 bits per heavy atom. The third kappa shape index (κ3) is 3.48. The van der Waals surface area contributed by atoms with Crippen LogP contribution in [0.1, 0.15) is 42.5 Å². The van der Waals surface area contributed by atoms with Crippen LogP contribution in [-0.2, 0) is 0 Å². The standard InChI is InChI=1S/C25H16ClFN4O3/c1-12-13(2)29-22-18(9-14(27)10-20(22)28-12)23(32)30-15-7-8-21(19(26)11-15)31-24(33)16-5-3-4-6-17(16)25(31)34/h3-11H,1-2H3,(H,30,32). The van der Waals surface area contributed by atoms with E-state index in [-0.39, 0.29) is 27.3 Å². The minimum Gasteiger partial charge on any atom is -0.322 e. The lowest BCUT2D eigenvalue weighted by Crippen LogP contribution is -2.29. The van der Waals surface area contributed by atoms with E-state index in [2.05, 4.69) is 15.3 Å². The van der Waals surface area contributed by atoms with Crippen molar-refractivity contribution in [2.24, 2.45) is 0 Å². The summed E-state index contributed by atoms with van der Waals surface area (Å²) in [5.41, 5.74) is 2.91. The number of fused-ring (bicyclic) bond motifs is 2. The molecule has 0 bridgehead atoms. The number of nitrogens with zero attached hydrogens (tertiary/aromatic N) is 3. The van der Waals surface area contributed by atoms with Crippen molar-refractivity contribution in [3.63, 3.8) is 0 Å². The lowest BCUT2D eigenvalue weighted by molar-refractivity contribution is 0.0924. The van der Waals surface area contributed by atoms with E-state index in [1.807, 2.05) is 0 Å². The van der Waals surface area contributed by atoms with Gasteiger partial charge in [0.2, 0.25) is 0 Å². The van der Waals surface area contributed by atoms with Gasteiger partial charge in [0.25, 0.3) is 17.7 Å². The average Bonchev–Trinajstić information content (AvgIpc) is 3.05. The van der Waals surface area contributed by atoms with E-state index in [0.717, 1.165) is 11.0 Å². The summed E-state index contributed by atoms with van der Waals surface area (Å²) in [6, 6.07) is 13.2. The second-order valence-electron chi connectivity index (χ2n) is 7.83. The van der Waals surface area contributed by atoms with Gasteiger partial charge >= 0.3 is 0 Å². The number of benzene rings is 3. The van der Waals surface area contributed by atoms with Crippen LogP contribution in [0.15, 0.2) is 54.6 Å². The molecule has 3 aromatic carbocycles. The Balaban J connectivity index is 1.46. The van der Waals surface area contributed by atoms with Gasteiger partial charge in [-0.3, -0.25) is 14.4 Å². The van der Waals surface area contributed by atoms with Crippen LogP contribution in [0.3, 0.4) is 0 Å². The number of aromatic nitrogens is 2. The molecule has 0 fully saturated rings. The van der Waals surface area contributed by atoms with Gasteiger partial charge in [-0.05, 0) is 50.2 Å². The van der Waals surface area contributed by atoms with Crippen molar-refractivity contribution in [3.8, 4) is 0 Å². The molecule has 1 aliphatic heterocycles. The lowest BCUT2D eigenvalue weighted by atomic mass is 10.1. The zero-order valence-corrected chi connectivity index (χ0v) is 18.8. The van der Waals surface area contributed by atoms with Crippen LogP contribution < -0.4 is 10.2 Å². The summed E-state index contributed by atoms with van der Waals surface area (Å²) in [5, 5.41) is 2.75. The largest absolute Gasteiger partial charge is 0.322 e.